The van der Waals surface area contributed by atoms with E-state index in [1.807, 2.05) is 18.2 Å². The molecule has 3 rings (SSSR count). The first-order chi connectivity index (χ1) is 10.8. The fraction of sp³-hybridized carbons (Fsp3) is 0.263. The molecule has 1 unspecified atom stereocenters. The molecule has 0 bridgehead atoms. The van der Waals surface area contributed by atoms with Gasteiger partial charge in [-0.15, -0.1) is 0 Å². The molecule has 1 aliphatic carbocycles. The van der Waals surface area contributed by atoms with Gasteiger partial charge < -0.3 is 5.11 Å². The predicted molar refractivity (Wildman–Crippen MR) is 99.7 cm³/mol. The van der Waals surface area contributed by atoms with Gasteiger partial charge in [0, 0.05) is 17.4 Å². The third-order valence-corrected chi connectivity index (χ3v) is 5.13. The van der Waals surface area contributed by atoms with Crippen molar-refractivity contribution in [2.75, 3.05) is 6.61 Å². The molecule has 0 saturated carbocycles. The quantitative estimate of drug-likeness (QED) is 0.701. The number of allylic oxidation sites excluding steroid dienone is 4. The molecule has 22 heavy (non-hydrogen) atoms. The first-order valence-electron chi connectivity index (χ1n) is 7.38. The van der Waals surface area contributed by atoms with Crippen molar-refractivity contribution in [1.82, 2.24) is 0 Å². The third-order valence-electron chi connectivity index (χ3n) is 3.80. The maximum Gasteiger partial charge on any atom is 0.0442 e. The molecule has 0 saturated heterocycles. The van der Waals surface area contributed by atoms with E-state index in [1.165, 1.54) is 11.1 Å². The Morgan fingerprint density at radius 3 is 2.45 bits per heavy atom. The first kappa shape index (κ1) is 17.2. The van der Waals surface area contributed by atoms with Crippen molar-refractivity contribution in [3.8, 4) is 0 Å². The molecule has 1 N–H and O–H groups in total. The lowest BCUT2D eigenvalue weighted by atomic mass is 9.74. The van der Waals surface area contributed by atoms with E-state index < -0.39 is 0 Å². The van der Waals surface area contributed by atoms with Crippen molar-refractivity contribution in [3.63, 3.8) is 0 Å². The highest BCUT2D eigenvalue weighted by molar-refractivity contribution is 9.08. The van der Waals surface area contributed by atoms with Crippen LogP contribution in [0.15, 0.2) is 71.5 Å². The van der Waals surface area contributed by atoms with Gasteiger partial charge in [-0.3, -0.25) is 0 Å². The van der Waals surface area contributed by atoms with Crippen molar-refractivity contribution in [2.45, 2.75) is 23.6 Å². The van der Waals surface area contributed by atoms with Gasteiger partial charge in [-0.05, 0) is 40.8 Å². The summed E-state index contributed by atoms with van der Waals surface area (Å²) >= 11 is 5.08. The summed E-state index contributed by atoms with van der Waals surface area (Å²) in [5.74, 6) is 0. The Balaban J connectivity index is 0.000000188. The summed E-state index contributed by atoms with van der Waals surface area (Å²) in [5, 5.41) is 14.4. The second-order valence-electron chi connectivity index (χ2n) is 5.25. The van der Waals surface area contributed by atoms with E-state index in [-0.39, 0.29) is 12.0 Å². The Morgan fingerprint density at radius 2 is 1.95 bits per heavy atom. The molecule has 0 radical (unpaired) electrons. The number of benzene rings is 1. The summed E-state index contributed by atoms with van der Waals surface area (Å²) < 4.78 is 0. The zero-order valence-corrected chi connectivity index (χ0v) is 14.9. The van der Waals surface area contributed by atoms with Crippen LogP contribution in [-0.2, 0) is 10.7 Å². The lowest BCUT2D eigenvalue weighted by Gasteiger charge is -2.30. The SMILES string of the molecule is BrCc1ccccc1.OCCC1(c2ccsc2)C=CC=CC1. The Kier molecular flexibility index (Phi) is 7.10. The van der Waals surface area contributed by atoms with Crippen LogP contribution in [0, 0.1) is 0 Å². The molecule has 1 aromatic carbocycles. The minimum Gasteiger partial charge on any atom is -0.396 e. The van der Waals surface area contributed by atoms with Gasteiger partial charge in [-0.25, -0.2) is 0 Å². The van der Waals surface area contributed by atoms with Gasteiger partial charge >= 0.3 is 0 Å². The third kappa shape index (κ3) is 4.67. The van der Waals surface area contributed by atoms with E-state index in [2.05, 4.69) is 69.2 Å². The molecule has 1 aromatic heterocycles. The molecule has 116 valence electrons. The van der Waals surface area contributed by atoms with Crippen molar-refractivity contribution in [1.29, 1.82) is 0 Å². The number of aliphatic hydroxyl groups excluding tert-OH is 1. The average molecular weight is 377 g/mol. The first-order valence-corrected chi connectivity index (χ1v) is 9.45. The summed E-state index contributed by atoms with van der Waals surface area (Å²) in [5.41, 5.74) is 2.70. The minimum absolute atomic E-state index is 0.0451. The minimum atomic E-state index is 0.0451. The van der Waals surface area contributed by atoms with Crippen LogP contribution in [0.2, 0.25) is 0 Å². The number of hydrogen-bond donors (Lipinski definition) is 1. The fourth-order valence-corrected chi connectivity index (χ4v) is 3.66. The van der Waals surface area contributed by atoms with Crippen LogP contribution >= 0.6 is 27.3 Å². The molecule has 1 atom stereocenters. The van der Waals surface area contributed by atoms with Crippen molar-refractivity contribution >= 4 is 27.3 Å². The lowest BCUT2D eigenvalue weighted by molar-refractivity contribution is 0.256. The Bertz CT molecular complexity index is 589. The highest BCUT2D eigenvalue weighted by atomic mass is 79.9. The van der Waals surface area contributed by atoms with Gasteiger partial charge in [-0.2, -0.15) is 11.3 Å². The van der Waals surface area contributed by atoms with Gasteiger partial charge in [-0.1, -0.05) is 70.6 Å². The van der Waals surface area contributed by atoms with Gasteiger partial charge in [0.1, 0.15) is 0 Å². The number of aliphatic hydroxyl groups is 1. The Labute approximate surface area is 145 Å². The molecule has 1 aliphatic rings. The summed E-state index contributed by atoms with van der Waals surface area (Å²) in [4.78, 5) is 0. The summed E-state index contributed by atoms with van der Waals surface area (Å²) in [6, 6.07) is 12.4. The summed E-state index contributed by atoms with van der Waals surface area (Å²) in [7, 11) is 0. The standard InChI is InChI=1S/C12H14OS.C7H7Br/c13-8-7-12(5-2-1-3-6-12)11-4-9-14-10-11;8-6-7-4-2-1-3-5-7/h1-5,9-10,13H,6-8H2;1-5H,6H2. The molecule has 1 nitrogen and oxygen atoms in total. The van der Waals surface area contributed by atoms with E-state index in [9.17, 15) is 0 Å². The molecule has 0 amide bonds. The van der Waals surface area contributed by atoms with Gasteiger partial charge in [0.2, 0.25) is 0 Å². The zero-order chi connectivity index (χ0) is 15.7. The second-order valence-corrected chi connectivity index (χ2v) is 6.59. The predicted octanol–water partition coefficient (Wildman–Crippen LogP) is 5.47. The zero-order valence-electron chi connectivity index (χ0n) is 12.5. The van der Waals surface area contributed by atoms with Gasteiger partial charge in [0.15, 0.2) is 0 Å². The number of halogens is 1. The van der Waals surface area contributed by atoms with Crippen LogP contribution in [0.4, 0.5) is 0 Å². The number of hydrogen-bond acceptors (Lipinski definition) is 2. The molecule has 0 aliphatic heterocycles. The molecule has 2 aromatic rings. The topological polar surface area (TPSA) is 20.2 Å². The van der Waals surface area contributed by atoms with Crippen molar-refractivity contribution in [2.24, 2.45) is 0 Å². The summed E-state index contributed by atoms with van der Waals surface area (Å²) in [6.45, 7) is 0.244. The van der Waals surface area contributed by atoms with E-state index in [1.54, 1.807) is 11.3 Å². The van der Waals surface area contributed by atoms with E-state index in [0.717, 1.165) is 18.2 Å². The van der Waals surface area contributed by atoms with Crippen LogP contribution in [0.3, 0.4) is 0 Å². The van der Waals surface area contributed by atoms with E-state index in [4.69, 9.17) is 5.11 Å². The highest BCUT2D eigenvalue weighted by Gasteiger charge is 2.28. The largest absolute Gasteiger partial charge is 0.396 e. The molecule has 0 spiro atoms. The molecule has 1 heterocycles. The molecule has 3 heteroatoms. The highest BCUT2D eigenvalue weighted by Crippen LogP contribution is 2.36. The fourth-order valence-electron chi connectivity index (χ4n) is 2.52. The van der Waals surface area contributed by atoms with Crippen LogP contribution < -0.4 is 0 Å². The monoisotopic (exact) mass is 376 g/mol. The van der Waals surface area contributed by atoms with Crippen LogP contribution in [0.1, 0.15) is 24.0 Å². The second kappa shape index (κ2) is 9.09. The van der Waals surface area contributed by atoms with Crippen LogP contribution in [0.5, 0.6) is 0 Å². The summed E-state index contributed by atoms with van der Waals surface area (Å²) in [6.07, 6.45) is 10.3. The Hall–Kier alpha value is -1.16. The maximum atomic E-state index is 9.13. The maximum absolute atomic E-state index is 9.13. The van der Waals surface area contributed by atoms with Crippen molar-refractivity contribution < 1.29 is 5.11 Å². The molecule has 0 fully saturated rings. The van der Waals surface area contributed by atoms with Gasteiger partial charge in [0.05, 0.1) is 0 Å². The number of thiophene rings is 1. The van der Waals surface area contributed by atoms with E-state index >= 15 is 0 Å². The van der Waals surface area contributed by atoms with Gasteiger partial charge in [0.25, 0.3) is 0 Å². The van der Waals surface area contributed by atoms with E-state index in [0.29, 0.717) is 0 Å². The Morgan fingerprint density at radius 1 is 1.14 bits per heavy atom. The average Bonchev–Trinajstić information content (AvgIpc) is 3.13. The lowest BCUT2D eigenvalue weighted by Crippen LogP contribution is -2.24. The molecular formula is C19H21BrOS. The number of rotatable bonds is 4. The van der Waals surface area contributed by atoms with Crippen LogP contribution in [-0.4, -0.2) is 11.7 Å². The number of alkyl halides is 1. The molecular weight excluding hydrogens is 356 g/mol. The normalized spacial score (nSPS) is 19.5. The van der Waals surface area contributed by atoms with Crippen molar-refractivity contribution in [3.05, 3.63) is 82.6 Å². The van der Waals surface area contributed by atoms with Crippen LogP contribution in [0.25, 0.3) is 0 Å². The smallest absolute Gasteiger partial charge is 0.0442 e.